The van der Waals surface area contributed by atoms with Crippen LogP contribution < -0.4 is 16.0 Å². The minimum absolute atomic E-state index is 0.00584. The maximum Gasteiger partial charge on any atom is 0.273 e. The second kappa shape index (κ2) is 5.85. The molecule has 0 bridgehead atoms. The monoisotopic (exact) mass is 355 g/mol. The largest absolute Gasteiger partial charge is 0.352 e. The van der Waals surface area contributed by atoms with Crippen molar-refractivity contribution < 1.29 is 9.59 Å². The zero-order chi connectivity index (χ0) is 16.7. The highest BCUT2D eigenvalue weighted by molar-refractivity contribution is 7.80. The summed E-state index contributed by atoms with van der Waals surface area (Å²) >= 11 is 6.51. The third kappa shape index (κ3) is 2.72. The summed E-state index contributed by atoms with van der Waals surface area (Å²) in [6, 6.07) is 9.90. The van der Waals surface area contributed by atoms with Gasteiger partial charge in [-0.1, -0.05) is 6.07 Å². The van der Waals surface area contributed by atoms with Gasteiger partial charge < -0.3 is 10.6 Å². The Morgan fingerprint density at radius 3 is 2.75 bits per heavy atom. The molecule has 2 amide bonds. The normalized spacial score (nSPS) is 18.2. The molecule has 0 saturated carbocycles. The van der Waals surface area contributed by atoms with Crippen molar-refractivity contribution in [2.75, 3.05) is 6.54 Å². The SMILES string of the molecule is O=C1NC(=S)NC1=Cc1ccc(-c2ccc3c(c2)CCNC3=O)s1. The number of fused-ring (bicyclic) bond motifs is 1. The van der Waals surface area contributed by atoms with E-state index in [1.54, 1.807) is 17.4 Å². The number of hydrogen-bond donors (Lipinski definition) is 3. The van der Waals surface area contributed by atoms with Crippen molar-refractivity contribution in [2.24, 2.45) is 0 Å². The Balaban J connectivity index is 1.64. The van der Waals surface area contributed by atoms with E-state index in [2.05, 4.69) is 22.0 Å². The maximum absolute atomic E-state index is 11.8. The predicted molar refractivity (Wildman–Crippen MR) is 97.6 cm³/mol. The quantitative estimate of drug-likeness (QED) is 0.570. The van der Waals surface area contributed by atoms with Crippen LogP contribution in [-0.2, 0) is 11.2 Å². The molecule has 4 rings (SSSR count). The first-order valence-electron chi connectivity index (χ1n) is 7.45. The number of carbonyl (C=O) groups is 2. The molecule has 3 heterocycles. The molecule has 2 aliphatic heterocycles. The average Bonchev–Trinajstić information content (AvgIpc) is 3.14. The fourth-order valence-electron chi connectivity index (χ4n) is 2.79. The molecular weight excluding hydrogens is 342 g/mol. The molecule has 7 heteroatoms. The molecule has 3 N–H and O–H groups in total. The zero-order valence-electron chi connectivity index (χ0n) is 12.5. The predicted octanol–water partition coefficient (Wildman–Crippen LogP) is 2.05. The fraction of sp³-hybridized carbons (Fsp3) is 0.118. The minimum atomic E-state index is -0.213. The van der Waals surface area contributed by atoms with Gasteiger partial charge in [0, 0.05) is 21.9 Å². The molecule has 0 aliphatic carbocycles. The van der Waals surface area contributed by atoms with Crippen LogP contribution in [0.4, 0.5) is 0 Å². The number of amides is 2. The van der Waals surface area contributed by atoms with Crippen LogP contribution in [0.25, 0.3) is 16.5 Å². The summed E-state index contributed by atoms with van der Waals surface area (Å²) in [5.41, 5.74) is 3.36. The number of carbonyl (C=O) groups excluding carboxylic acids is 2. The molecule has 1 aromatic carbocycles. The molecule has 0 spiro atoms. The van der Waals surface area contributed by atoms with Gasteiger partial charge in [-0.25, -0.2) is 0 Å². The lowest BCUT2D eigenvalue weighted by Crippen LogP contribution is -2.31. The molecule has 5 nitrogen and oxygen atoms in total. The van der Waals surface area contributed by atoms with Crippen LogP contribution in [0.1, 0.15) is 20.8 Å². The average molecular weight is 355 g/mol. The van der Waals surface area contributed by atoms with Crippen molar-refractivity contribution >= 4 is 46.6 Å². The molecule has 0 unspecified atom stereocenters. The van der Waals surface area contributed by atoms with Gasteiger partial charge in [0.05, 0.1) is 0 Å². The Morgan fingerprint density at radius 1 is 1.08 bits per heavy atom. The van der Waals surface area contributed by atoms with Gasteiger partial charge in [-0.3, -0.25) is 14.9 Å². The van der Waals surface area contributed by atoms with Crippen LogP contribution in [0, 0.1) is 0 Å². The lowest BCUT2D eigenvalue weighted by Gasteiger charge is -2.16. The molecule has 1 aromatic heterocycles. The van der Waals surface area contributed by atoms with E-state index in [0.717, 1.165) is 32.9 Å². The maximum atomic E-state index is 11.8. The van der Waals surface area contributed by atoms with Gasteiger partial charge in [0.1, 0.15) is 5.70 Å². The number of rotatable bonds is 2. The second-order valence-electron chi connectivity index (χ2n) is 5.55. The number of thiocarbonyl (C=S) groups is 1. The first-order chi connectivity index (χ1) is 11.6. The number of thiophene rings is 1. The molecular formula is C17H13N3O2S2. The molecule has 120 valence electrons. The van der Waals surface area contributed by atoms with Crippen molar-refractivity contribution in [1.82, 2.24) is 16.0 Å². The summed E-state index contributed by atoms with van der Waals surface area (Å²) < 4.78 is 0. The van der Waals surface area contributed by atoms with E-state index < -0.39 is 0 Å². The molecule has 1 saturated heterocycles. The van der Waals surface area contributed by atoms with Crippen LogP contribution >= 0.6 is 23.6 Å². The highest BCUT2D eigenvalue weighted by atomic mass is 32.1. The third-order valence-electron chi connectivity index (χ3n) is 3.95. The summed E-state index contributed by atoms with van der Waals surface area (Å²) in [5, 5.41) is 8.56. The molecule has 1 fully saturated rings. The van der Waals surface area contributed by atoms with E-state index in [0.29, 0.717) is 17.4 Å². The summed E-state index contributed by atoms with van der Waals surface area (Å²) in [4.78, 5) is 25.6. The van der Waals surface area contributed by atoms with Crippen LogP contribution in [0.3, 0.4) is 0 Å². The van der Waals surface area contributed by atoms with Gasteiger partial charge in [-0.15, -0.1) is 11.3 Å². The Kier molecular flexibility index (Phi) is 3.66. The Morgan fingerprint density at radius 2 is 1.96 bits per heavy atom. The third-order valence-corrected chi connectivity index (χ3v) is 5.23. The summed E-state index contributed by atoms with van der Waals surface area (Å²) in [6.07, 6.45) is 2.63. The number of hydrogen-bond acceptors (Lipinski definition) is 4. The van der Waals surface area contributed by atoms with Crippen molar-refractivity contribution in [2.45, 2.75) is 6.42 Å². The number of benzene rings is 1. The van der Waals surface area contributed by atoms with Crippen LogP contribution in [0.2, 0.25) is 0 Å². The first-order valence-corrected chi connectivity index (χ1v) is 8.68. The van der Waals surface area contributed by atoms with Gasteiger partial charge in [-0.2, -0.15) is 0 Å². The van der Waals surface area contributed by atoms with Crippen molar-refractivity contribution in [3.63, 3.8) is 0 Å². The second-order valence-corrected chi connectivity index (χ2v) is 7.07. The molecule has 2 aromatic rings. The standard InChI is InChI=1S/C17H13N3O2S2/c21-15-12-3-1-10(7-9(12)5-6-18-15)14-4-2-11(24-14)8-13-16(22)20-17(23)19-13/h1-4,7-8H,5-6H2,(H,18,21)(H2,19,20,22,23). The fourth-order valence-corrected chi connectivity index (χ4v) is 3.94. The molecule has 24 heavy (non-hydrogen) atoms. The van der Waals surface area contributed by atoms with Gasteiger partial charge in [-0.05, 0) is 60.1 Å². The zero-order valence-corrected chi connectivity index (χ0v) is 14.1. The summed E-state index contributed by atoms with van der Waals surface area (Å²) in [7, 11) is 0. The van der Waals surface area contributed by atoms with Crippen LogP contribution in [0.5, 0.6) is 0 Å². The van der Waals surface area contributed by atoms with Gasteiger partial charge >= 0.3 is 0 Å². The lowest BCUT2D eigenvalue weighted by atomic mass is 9.97. The topological polar surface area (TPSA) is 70.2 Å². The lowest BCUT2D eigenvalue weighted by molar-refractivity contribution is -0.115. The van der Waals surface area contributed by atoms with Crippen molar-refractivity contribution in [1.29, 1.82) is 0 Å². The molecule has 0 radical (unpaired) electrons. The van der Waals surface area contributed by atoms with Crippen molar-refractivity contribution in [3.8, 4) is 10.4 Å². The minimum Gasteiger partial charge on any atom is -0.352 e. The van der Waals surface area contributed by atoms with Gasteiger partial charge in [0.15, 0.2) is 5.11 Å². The Labute approximate surface area is 147 Å². The Hall–Kier alpha value is -2.51. The van der Waals surface area contributed by atoms with Gasteiger partial charge in [0.25, 0.3) is 11.8 Å². The van der Waals surface area contributed by atoms with E-state index in [1.165, 1.54) is 0 Å². The van der Waals surface area contributed by atoms with Crippen molar-refractivity contribution in [3.05, 3.63) is 52.0 Å². The smallest absolute Gasteiger partial charge is 0.273 e. The van der Waals surface area contributed by atoms with E-state index in [4.69, 9.17) is 12.2 Å². The van der Waals surface area contributed by atoms with E-state index in [1.807, 2.05) is 24.3 Å². The van der Waals surface area contributed by atoms with E-state index >= 15 is 0 Å². The highest BCUT2D eigenvalue weighted by Gasteiger charge is 2.20. The summed E-state index contributed by atoms with van der Waals surface area (Å²) in [6.45, 7) is 0.678. The molecule has 2 aliphatic rings. The molecule has 0 atom stereocenters. The number of nitrogens with one attached hydrogen (secondary N) is 3. The van der Waals surface area contributed by atoms with E-state index in [9.17, 15) is 9.59 Å². The Bertz CT molecular complexity index is 914. The van der Waals surface area contributed by atoms with Crippen LogP contribution in [-0.4, -0.2) is 23.5 Å². The van der Waals surface area contributed by atoms with E-state index in [-0.39, 0.29) is 11.8 Å². The highest BCUT2D eigenvalue weighted by Crippen LogP contribution is 2.31. The first kappa shape index (κ1) is 15.0. The van der Waals surface area contributed by atoms with Gasteiger partial charge in [0.2, 0.25) is 0 Å². The summed E-state index contributed by atoms with van der Waals surface area (Å²) in [5.74, 6) is -0.219. The van der Waals surface area contributed by atoms with Crippen LogP contribution in [0.15, 0.2) is 36.0 Å².